The Labute approximate surface area is 89.7 Å². The predicted molar refractivity (Wildman–Crippen MR) is 60.6 cm³/mol. The highest BCUT2D eigenvalue weighted by Gasteiger charge is 2.05. The largest absolute Gasteiger partial charge is 0.316 e. The maximum absolute atomic E-state index is 4.25. The number of aryl methyl sites for hydroxylation is 1. The zero-order valence-electron chi connectivity index (χ0n) is 8.95. The smallest absolute Gasteiger partial charge is 0.187 e. The minimum absolute atomic E-state index is 0.512. The van der Waals surface area contributed by atoms with E-state index in [1.165, 1.54) is 0 Å². The third kappa shape index (κ3) is 4.07. The van der Waals surface area contributed by atoms with Crippen LogP contribution in [0.3, 0.4) is 0 Å². The highest BCUT2D eigenvalue weighted by molar-refractivity contribution is 7.99. The van der Waals surface area contributed by atoms with Crippen LogP contribution in [0.5, 0.6) is 0 Å². The summed E-state index contributed by atoms with van der Waals surface area (Å²) in [6, 6.07) is 0. The molecule has 78 valence electrons. The number of rotatable bonds is 5. The molecule has 0 bridgehead atoms. The molecule has 14 heavy (non-hydrogen) atoms. The van der Waals surface area contributed by atoms with E-state index in [1.807, 2.05) is 19.3 Å². The van der Waals surface area contributed by atoms with Crippen molar-refractivity contribution < 1.29 is 0 Å². The molecule has 3 nitrogen and oxygen atoms in total. The normalized spacial score (nSPS) is 12.8. The molecule has 0 aliphatic rings. The molecule has 0 aliphatic heterocycles. The van der Waals surface area contributed by atoms with E-state index in [2.05, 4.69) is 29.1 Å². The minimum Gasteiger partial charge on any atom is -0.316 e. The van der Waals surface area contributed by atoms with Gasteiger partial charge in [-0.25, -0.2) is 9.97 Å². The Balaban J connectivity index is 2.39. The average Bonchev–Trinajstić information content (AvgIpc) is 2.18. The molecular formula is C10H17N3S. The maximum atomic E-state index is 4.25. The fourth-order valence-electron chi connectivity index (χ4n) is 1.01. The fraction of sp³-hybridized carbons (Fsp3) is 0.600. The van der Waals surface area contributed by atoms with Gasteiger partial charge >= 0.3 is 0 Å². The summed E-state index contributed by atoms with van der Waals surface area (Å²) >= 11 is 1.71. The molecule has 1 rings (SSSR count). The molecule has 0 aliphatic carbocycles. The second kappa shape index (κ2) is 5.98. The second-order valence-electron chi connectivity index (χ2n) is 3.28. The van der Waals surface area contributed by atoms with Gasteiger partial charge in [-0.2, -0.15) is 0 Å². The van der Waals surface area contributed by atoms with Crippen LogP contribution in [-0.2, 0) is 0 Å². The number of nitrogens with zero attached hydrogens (tertiary/aromatic N) is 2. The summed E-state index contributed by atoms with van der Waals surface area (Å²) in [6.07, 6.45) is 3.71. The summed E-state index contributed by atoms with van der Waals surface area (Å²) < 4.78 is 0. The molecule has 0 radical (unpaired) electrons. The molecule has 0 spiro atoms. The Hall–Kier alpha value is -0.610. The lowest BCUT2D eigenvalue weighted by Gasteiger charge is -2.09. The topological polar surface area (TPSA) is 37.8 Å². The first-order chi connectivity index (χ1) is 6.72. The van der Waals surface area contributed by atoms with E-state index in [0.29, 0.717) is 5.25 Å². The zero-order valence-corrected chi connectivity index (χ0v) is 9.77. The van der Waals surface area contributed by atoms with Gasteiger partial charge in [-0.1, -0.05) is 25.6 Å². The number of nitrogens with one attached hydrogen (secondary N) is 1. The fourth-order valence-corrected chi connectivity index (χ4v) is 1.80. The van der Waals surface area contributed by atoms with Crippen LogP contribution in [-0.4, -0.2) is 28.3 Å². The van der Waals surface area contributed by atoms with Gasteiger partial charge in [-0.15, -0.1) is 0 Å². The lowest BCUT2D eigenvalue weighted by molar-refractivity contribution is 0.711. The summed E-state index contributed by atoms with van der Waals surface area (Å²) in [4.78, 5) is 8.50. The first-order valence-corrected chi connectivity index (χ1v) is 5.76. The quantitative estimate of drug-likeness (QED) is 0.596. The van der Waals surface area contributed by atoms with Gasteiger partial charge < -0.3 is 5.32 Å². The van der Waals surface area contributed by atoms with E-state index in [0.717, 1.165) is 23.8 Å². The van der Waals surface area contributed by atoms with Gasteiger partial charge in [0.05, 0.1) is 0 Å². The van der Waals surface area contributed by atoms with Crippen LogP contribution in [0.25, 0.3) is 0 Å². The predicted octanol–water partition coefficient (Wildman–Crippen LogP) is 1.88. The van der Waals surface area contributed by atoms with Crippen molar-refractivity contribution in [2.75, 3.05) is 13.1 Å². The zero-order chi connectivity index (χ0) is 10.4. The summed E-state index contributed by atoms with van der Waals surface area (Å²) in [5, 5.41) is 4.68. The molecule has 1 aromatic heterocycles. The third-order valence-electron chi connectivity index (χ3n) is 1.75. The lowest BCUT2D eigenvalue weighted by Crippen LogP contribution is -2.22. The van der Waals surface area contributed by atoms with Gasteiger partial charge in [0, 0.05) is 24.2 Å². The van der Waals surface area contributed by atoms with Gasteiger partial charge in [0.1, 0.15) is 0 Å². The summed E-state index contributed by atoms with van der Waals surface area (Å²) in [6.45, 7) is 8.30. The Kier molecular flexibility index (Phi) is 4.90. The SMILES string of the molecule is CCNCC(C)Sc1ncc(C)cn1. The molecule has 0 saturated heterocycles. The first kappa shape index (κ1) is 11.5. The number of aromatic nitrogens is 2. The van der Waals surface area contributed by atoms with E-state index in [4.69, 9.17) is 0 Å². The molecule has 0 saturated carbocycles. The van der Waals surface area contributed by atoms with Crippen molar-refractivity contribution in [2.24, 2.45) is 0 Å². The van der Waals surface area contributed by atoms with Crippen LogP contribution < -0.4 is 5.32 Å². The van der Waals surface area contributed by atoms with E-state index < -0.39 is 0 Å². The summed E-state index contributed by atoms with van der Waals surface area (Å²) in [5.41, 5.74) is 1.11. The van der Waals surface area contributed by atoms with Gasteiger partial charge in [0.15, 0.2) is 5.16 Å². The molecular weight excluding hydrogens is 194 g/mol. The maximum Gasteiger partial charge on any atom is 0.187 e. The summed E-state index contributed by atoms with van der Waals surface area (Å²) in [5.74, 6) is 0. The molecule has 1 aromatic rings. The number of thioether (sulfide) groups is 1. The van der Waals surface area contributed by atoms with E-state index in [1.54, 1.807) is 11.8 Å². The van der Waals surface area contributed by atoms with Crippen LogP contribution in [0.15, 0.2) is 17.6 Å². The van der Waals surface area contributed by atoms with Crippen molar-refractivity contribution in [3.8, 4) is 0 Å². The average molecular weight is 211 g/mol. The van der Waals surface area contributed by atoms with Crippen LogP contribution >= 0.6 is 11.8 Å². The van der Waals surface area contributed by atoms with Gasteiger partial charge in [-0.3, -0.25) is 0 Å². The van der Waals surface area contributed by atoms with Crippen molar-refractivity contribution in [1.29, 1.82) is 0 Å². The molecule has 0 aromatic carbocycles. The Bertz CT molecular complexity index is 261. The molecule has 0 fully saturated rings. The Morgan fingerprint density at radius 1 is 1.43 bits per heavy atom. The third-order valence-corrected chi connectivity index (χ3v) is 2.74. The van der Waals surface area contributed by atoms with Crippen LogP contribution in [0.2, 0.25) is 0 Å². The Morgan fingerprint density at radius 2 is 2.07 bits per heavy atom. The molecule has 1 atom stereocenters. The van der Waals surface area contributed by atoms with Crippen molar-refractivity contribution >= 4 is 11.8 Å². The van der Waals surface area contributed by atoms with Crippen LogP contribution in [0.4, 0.5) is 0 Å². The summed E-state index contributed by atoms with van der Waals surface area (Å²) in [7, 11) is 0. The molecule has 1 unspecified atom stereocenters. The molecule has 1 N–H and O–H groups in total. The van der Waals surface area contributed by atoms with E-state index in [-0.39, 0.29) is 0 Å². The van der Waals surface area contributed by atoms with Crippen molar-refractivity contribution in [1.82, 2.24) is 15.3 Å². The number of hydrogen-bond donors (Lipinski definition) is 1. The monoisotopic (exact) mass is 211 g/mol. The van der Waals surface area contributed by atoms with Gasteiger partial charge in [0.2, 0.25) is 0 Å². The van der Waals surface area contributed by atoms with Crippen LogP contribution in [0, 0.1) is 6.92 Å². The minimum atomic E-state index is 0.512. The van der Waals surface area contributed by atoms with Crippen LogP contribution in [0.1, 0.15) is 19.4 Å². The van der Waals surface area contributed by atoms with E-state index >= 15 is 0 Å². The molecule has 0 amide bonds. The highest BCUT2D eigenvalue weighted by atomic mass is 32.2. The molecule has 4 heteroatoms. The highest BCUT2D eigenvalue weighted by Crippen LogP contribution is 2.17. The van der Waals surface area contributed by atoms with Crippen molar-refractivity contribution in [2.45, 2.75) is 31.2 Å². The van der Waals surface area contributed by atoms with Crippen molar-refractivity contribution in [3.05, 3.63) is 18.0 Å². The molecule has 1 heterocycles. The standard InChI is InChI=1S/C10H17N3S/c1-4-11-7-9(3)14-10-12-5-8(2)6-13-10/h5-6,9,11H,4,7H2,1-3H3. The second-order valence-corrected chi connectivity index (χ2v) is 4.68. The number of hydrogen-bond acceptors (Lipinski definition) is 4. The van der Waals surface area contributed by atoms with E-state index in [9.17, 15) is 0 Å². The Morgan fingerprint density at radius 3 is 2.64 bits per heavy atom. The first-order valence-electron chi connectivity index (χ1n) is 4.88. The van der Waals surface area contributed by atoms with Gasteiger partial charge in [0.25, 0.3) is 0 Å². The lowest BCUT2D eigenvalue weighted by atomic mass is 10.4. The van der Waals surface area contributed by atoms with Gasteiger partial charge in [-0.05, 0) is 19.0 Å². The van der Waals surface area contributed by atoms with Crippen molar-refractivity contribution in [3.63, 3.8) is 0 Å².